The molecule has 1 atom stereocenters. The lowest BCUT2D eigenvalue weighted by molar-refractivity contribution is -0.384. The largest absolute Gasteiger partial charge is 0.367 e. The number of non-ortho nitro benzene ring substituents is 1. The molecular weight excluding hydrogens is 343 g/mol. The highest BCUT2D eigenvalue weighted by molar-refractivity contribution is 7.58. The van der Waals surface area contributed by atoms with Gasteiger partial charge < -0.3 is 14.4 Å². The molecule has 25 heavy (non-hydrogen) atoms. The molecule has 136 valence electrons. The van der Waals surface area contributed by atoms with E-state index in [-0.39, 0.29) is 17.9 Å². The number of nitro groups is 1. The van der Waals surface area contributed by atoms with E-state index >= 15 is 0 Å². The van der Waals surface area contributed by atoms with Gasteiger partial charge in [0.25, 0.3) is 5.69 Å². The minimum absolute atomic E-state index is 0.0202. The van der Waals surface area contributed by atoms with E-state index in [2.05, 4.69) is 5.32 Å². The minimum atomic E-state index is -3.59. The molecule has 7 nitrogen and oxygen atoms in total. The van der Waals surface area contributed by atoms with Gasteiger partial charge in [0.15, 0.2) is 0 Å². The molecule has 0 aromatic heterocycles. The van der Waals surface area contributed by atoms with Crippen LogP contribution in [-0.2, 0) is 13.6 Å². The smallest absolute Gasteiger partial charge is 0.360 e. The van der Waals surface area contributed by atoms with Crippen molar-refractivity contribution in [1.82, 2.24) is 5.32 Å². The average Bonchev–Trinajstić information content (AvgIpc) is 2.53. The fourth-order valence-corrected chi connectivity index (χ4v) is 4.75. The van der Waals surface area contributed by atoms with Gasteiger partial charge in [-0.05, 0) is 39.5 Å². The second-order valence-corrected chi connectivity index (χ2v) is 8.16. The third-order valence-electron chi connectivity index (χ3n) is 3.39. The van der Waals surface area contributed by atoms with Crippen molar-refractivity contribution in [2.75, 3.05) is 0 Å². The second kappa shape index (κ2) is 7.95. The molecule has 0 aliphatic carbocycles. The molecule has 2 rings (SSSR count). The summed E-state index contributed by atoms with van der Waals surface area (Å²) >= 11 is 0. The van der Waals surface area contributed by atoms with Crippen molar-refractivity contribution < 1.29 is 18.5 Å². The average molecular weight is 366 g/mol. The van der Waals surface area contributed by atoms with Crippen LogP contribution in [0.1, 0.15) is 39.2 Å². The number of nitrogens with one attached hydrogen (secondary N) is 1. The molecule has 8 heteroatoms. The molecule has 1 heterocycles. The van der Waals surface area contributed by atoms with Gasteiger partial charge in [-0.2, -0.15) is 0 Å². The van der Waals surface area contributed by atoms with Gasteiger partial charge in [0.05, 0.1) is 22.4 Å². The van der Waals surface area contributed by atoms with Gasteiger partial charge in [-0.15, -0.1) is 0 Å². The predicted octanol–water partition coefficient (Wildman–Crippen LogP) is 4.68. The molecule has 0 fully saturated rings. The maximum Gasteiger partial charge on any atom is 0.360 e. The van der Waals surface area contributed by atoms with Crippen LogP contribution in [0.5, 0.6) is 0 Å². The summed E-state index contributed by atoms with van der Waals surface area (Å²) in [5, 5.41) is 14.4. The Kier molecular flexibility index (Phi) is 6.16. The summed E-state index contributed by atoms with van der Waals surface area (Å²) in [5.41, 5.74) is 0.631. The summed E-state index contributed by atoms with van der Waals surface area (Å²) in [7, 11) is -3.59. The molecule has 1 aromatic carbocycles. The molecule has 0 saturated carbocycles. The van der Waals surface area contributed by atoms with Crippen molar-refractivity contribution in [3.63, 3.8) is 0 Å². The predicted molar refractivity (Wildman–Crippen MR) is 96.2 cm³/mol. The first-order chi connectivity index (χ1) is 11.7. The standard InChI is InChI=1S/C17H23N2O5P/c1-12(2)23-25(22,24-13(3)4)17-11-18-9-8-16(17)14-6-5-7-15(10-14)19(20)21/h5-13,16,18H,1-4H3. The monoisotopic (exact) mass is 366 g/mol. The van der Waals surface area contributed by atoms with Gasteiger partial charge in [-0.3, -0.25) is 14.7 Å². The zero-order chi connectivity index (χ0) is 18.6. The van der Waals surface area contributed by atoms with Crippen molar-refractivity contribution in [1.29, 1.82) is 0 Å². The van der Waals surface area contributed by atoms with E-state index in [4.69, 9.17) is 9.05 Å². The SMILES string of the molecule is CC(C)OP(=O)(OC(C)C)C1=CNC=CC1c1cccc([N+](=O)[O-])c1. The van der Waals surface area contributed by atoms with Crippen LogP contribution in [0, 0.1) is 10.1 Å². The van der Waals surface area contributed by atoms with Crippen molar-refractivity contribution in [2.45, 2.75) is 45.8 Å². The van der Waals surface area contributed by atoms with Crippen LogP contribution in [0.15, 0.2) is 48.1 Å². The Hall–Kier alpha value is -1.95. The second-order valence-electron chi connectivity index (χ2n) is 6.23. The maximum absolute atomic E-state index is 13.5. The summed E-state index contributed by atoms with van der Waals surface area (Å²) in [6.45, 7) is 7.13. The van der Waals surface area contributed by atoms with Crippen molar-refractivity contribution in [3.8, 4) is 0 Å². The van der Waals surface area contributed by atoms with Gasteiger partial charge in [0.2, 0.25) is 0 Å². The molecule has 0 radical (unpaired) electrons. The summed E-state index contributed by atoms with van der Waals surface area (Å²) < 4.78 is 24.8. The van der Waals surface area contributed by atoms with E-state index in [1.807, 2.05) is 0 Å². The Morgan fingerprint density at radius 3 is 2.40 bits per heavy atom. The van der Waals surface area contributed by atoms with E-state index in [1.54, 1.807) is 58.3 Å². The quantitative estimate of drug-likeness (QED) is 0.428. The number of nitrogens with zero attached hydrogens (tertiary/aromatic N) is 1. The Balaban J connectivity index is 2.46. The van der Waals surface area contributed by atoms with Crippen LogP contribution in [0.3, 0.4) is 0 Å². The highest BCUT2D eigenvalue weighted by atomic mass is 31.2. The molecule has 0 amide bonds. The highest BCUT2D eigenvalue weighted by Gasteiger charge is 2.38. The number of hydrogen-bond donors (Lipinski definition) is 1. The lowest BCUT2D eigenvalue weighted by atomic mass is 9.97. The number of hydrogen-bond acceptors (Lipinski definition) is 6. The minimum Gasteiger partial charge on any atom is -0.367 e. The molecule has 1 aliphatic rings. The van der Waals surface area contributed by atoms with Crippen LogP contribution in [0.2, 0.25) is 0 Å². The third kappa shape index (κ3) is 4.78. The topological polar surface area (TPSA) is 90.7 Å². The maximum atomic E-state index is 13.5. The lowest BCUT2D eigenvalue weighted by Crippen LogP contribution is -2.16. The summed E-state index contributed by atoms with van der Waals surface area (Å²) in [5.74, 6) is -0.440. The van der Waals surface area contributed by atoms with Crippen molar-refractivity contribution >= 4 is 13.3 Å². The van der Waals surface area contributed by atoms with E-state index in [0.717, 1.165) is 0 Å². The molecule has 0 saturated heterocycles. The fourth-order valence-electron chi connectivity index (χ4n) is 2.54. The van der Waals surface area contributed by atoms with Crippen molar-refractivity contribution in [3.05, 3.63) is 63.7 Å². The molecule has 0 bridgehead atoms. The molecule has 1 unspecified atom stereocenters. The summed E-state index contributed by atoms with van der Waals surface area (Å²) in [6, 6.07) is 6.27. The zero-order valence-electron chi connectivity index (χ0n) is 14.7. The Morgan fingerprint density at radius 1 is 1.20 bits per heavy atom. The number of allylic oxidation sites excluding steroid dienone is 2. The lowest BCUT2D eigenvalue weighted by Gasteiger charge is -2.30. The van der Waals surface area contributed by atoms with E-state index in [9.17, 15) is 14.7 Å². The summed E-state index contributed by atoms with van der Waals surface area (Å²) in [4.78, 5) is 10.6. The Morgan fingerprint density at radius 2 is 1.84 bits per heavy atom. The van der Waals surface area contributed by atoms with Crippen molar-refractivity contribution in [2.24, 2.45) is 0 Å². The first-order valence-corrected chi connectivity index (χ1v) is 9.61. The van der Waals surface area contributed by atoms with E-state index in [1.165, 1.54) is 12.1 Å². The number of benzene rings is 1. The van der Waals surface area contributed by atoms with Crippen LogP contribution in [0.4, 0.5) is 5.69 Å². The van der Waals surface area contributed by atoms with E-state index in [0.29, 0.717) is 10.9 Å². The van der Waals surface area contributed by atoms with E-state index < -0.39 is 18.4 Å². The van der Waals surface area contributed by atoms with Gasteiger partial charge in [-0.25, -0.2) is 0 Å². The first kappa shape index (κ1) is 19.4. The molecule has 1 aliphatic heterocycles. The van der Waals surface area contributed by atoms with Crippen LogP contribution >= 0.6 is 7.60 Å². The Labute approximate surface area is 147 Å². The third-order valence-corrected chi connectivity index (χ3v) is 5.83. The van der Waals surface area contributed by atoms with Crippen LogP contribution < -0.4 is 5.32 Å². The van der Waals surface area contributed by atoms with Crippen LogP contribution in [-0.4, -0.2) is 17.1 Å². The normalized spacial score (nSPS) is 17.5. The number of rotatable bonds is 7. The fraction of sp³-hybridized carbons (Fsp3) is 0.412. The van der Waals surface area contributed by atoms with Gasteiger partial charge in [0, 0.05) is 24.3 Å². The van der Waals surface area contributed by atoms with Gasteiger partial charge in [0.1, 0.15) is 0 Å². The number of nitro benzene ring substituents is 1. The van der Waals surface area contributed by atoms with Gasteiger partial charge in [-0.1, -0.05) is 18.2 Å². The first-order valence-electron chi connectivity index (χ1n) is 8.07. The van der Waals surface area contributed by atoms with Crippen LogP contribution in [0.25, 0.3) is 0 Å². The van der Waals surface area contributed by atoms with Gasteiger partial charge >= 0.3 is 7.60 Å². The number of dihydropyridines is 1. The molecule has 0 spiro atoms. The highest BCUT2D eigenvalue weighted by Crippen LogP contribution is 2.62. The zero-order valence-corrected chi connectivity index (χ0v) is 15.6. The molecule has 1 N–H and O–H groups in total. The molecular formula is C17H23N2O5P. The Bertz CT molecular complexity index is 728. The molecule has 1 aromatic rings. The summed E-state index contributed by atoms with van der Waals surface area (Å²) in [6.07, 6.45) is 4.47.